The number of hydrogen-bond acceptors (Lipinski definition) is 4. The van der Waals surface area contributed by atoms with Crippen molar-refractivity contribution in [3.8, 4) is 0 Å². The van der Waals surface area contributed by atoms with Crippen molar-refractivity contribution in [2.45, 2.75) is 30.6 Å². The first-order valence-electron chi connectivity index (χ1n) is 8.38. The van der Waals surface area contributed by atoms with Gasteiger partial charge in [0.2, 0.25) is 10.0 Å². The summed E-state index contributed by atoms with van der Waals surface area (Å²) >= 11 is 0. The Hall–Kier alpha value is -2.87. The smallest absolute Gasteiger partial charge is 0.430 e. The van der Waals surface area contributed by atoms with Gasteiger partial charge in [0.25, 0.3) is 5.60 Å². The Morgan fingerprint density at radius 1 is 1.00 bits per heavy atom. The first-order valence-corrected chi connectivity index (χ1v) is 10.0. The number of anilines is 1. The van der Waals surface area contributed by atoms with Crippen molar-refractivity contribution in [3.05, 3.63) is 64.5 Å². The summed E-state index contributed by atoms with van der Waals surface area (Å²) in [6, 6.07) is 3.66. The number of sulfonamides is 1. The minimum Gasteiger partial charge on any atom is -0.478 e. The van der Waals surface area contributed by atoms with Gasteiger partial charge in [-0.1, -0.05) is 18.2 Å². The van der Waals surface area contributed by atoms with E-state index in [1.165, 1.54) is 19.1 Å². The molecule has 0 saturated heterocycles. The van der Waals surface area contributed by atoms with Crippen LogP contribution in [0.5, 0.6) is 0 Å². The van der Waals surface area contributed by atoms with Crippen LogP contribution in [0.3, 0.4) is 0 Å². The zero-order valence-electron chi connectivity index (χ0n) is 15.8. The van der Waals surface area contributed by atoms with Crippen LogP contribution in [0.4, 0.5) is 36.4 Å². The highest BCUT2D eigenvalue weighted by Crippen LogP contribution is 2.50. The molecule has 32 heavy (non-hydrogen) atoms. The van der Waals surface area contributed by atoms with Gasteiger partial charge in [0.05, 0.1) is 17.0 Å². The third-order valence-electron chi connectivity index (χ3n) is 4.35. The van der Waals surface area contributed by atoms with E-state index in [-0.39, 0.29) is 28.8 Å². The number of nitrogens with one attached hydrogen (secondary N) is 1. The van der Waals surface area contributed by atoms with Crippen LogP contribution < -0.4 is 4.72 Å². The minimum atomic E-state index is -6.24. The van der Waals surface area contributed by atoms with Crippen molar-refractivity contribution in [3.63, 3.8) is 0 Å². The van der Waals surface area contributed by atoms with Gasteiger partial charge in [-0.05, 0) is 36.2 Å². The monoisotopic (exact) mass is 489 g/mol. The fraction of sp³-hybridized carbons (Fsp3) is 0.278. The second kappa shape index (κ2) is 8.24. The maximum Gasteiger partial charge on any atom is 0.430 e. The third-order valence-corrected chi connectivity index (χ3v) is 5.60. The molecule has 14 heteroatoms. The van der Waals surface area contributed by atoms with Crippen molar-refractivity contribution < 1.29 is 54.2 Å². The van der Waals surface area contributed by atoms with E-state index in [2.05, 4.69) is 0 Å². The molecule has 0 bridgehead atoms. The first-order chi connectivity index (χ1) is 14.4. The summed E-state index contributed by atoms with van der Waals surface area (Å²) in [5.41, 5.74) is -8.01. The standard InChI is InChI=1S/C18H14F7NO5S/c1-9-6-10(2-4-12(9)15(27)28)8-32(30,31)26-14-5-3-11(7-13(14)19)16(29,17(20,21)22)18(23,24)25/h2-7,26,29H,8H2,1H3,(H,27,28). The van der Waals surface area contributed by atoms with E-state index in [0.29, 0.717) is 6.07 Å². The lowest BCUT2D eigenvalue weighted by atomic mass is 9.92. The number of benzene rings is 2. The fourth-order valence-corrected chi connectivity index (χ4v) is 3.98. The molecule has 0 aliphatic heterocycles. The molecule has 0 aliphatic rings. The van der Waals surface area contributed by atoms with Crippen molar-refractivity contribution in [2.75, 3.05) is 4.72 Å². The fourth-order valence-electron chi connectivity index (χ4n) is 2.79. The Morgan fingerprint density at radius 2 is 1.56 bits per heavy atom. The van der Waals surface area contributed by atoms with Crippen LogP contribution in [-0.4, -0.2) is 37.0 Å². The number of carboxylic acids is 1. The van der Waals surface area contributed by atoms with Crippen molar-refractivity contribution in [1.82, 2.24) is 0 Å². The van der Waals surface area contributed by atoms with E-state index in [9.17, 15) is 49.1 Å². The molecule has 0 unspecified atom stereocenters. The Morgan fingerprint density at radius 3 is 2.00 bits per heavy atom. The highest BCUT2D eigenvalue weighted by molar-refractivity contribution is 7.91. The largest absolute Gasteiger partial charge is 0.478 e. The SMILES string of the molecule is Cc1cc(CS(=O)(=O)Nc2ccc(C(O)(C(F)(F)F)C(F)(F)F)cc2F)ccc1C(=O)O. The molecule has 0 saturated carbocycles. The summed E-state index contributed by atoms with van der Waals surface area (Å²) in [5.74, 6) is -3.85. The number of aliphatic hydroxyl groups is 1. The van der Waals surface area contributed by atoms with Crippen LogP contribution in [-0.2, 0) is 21.4 Å². The predicted octanol–water partition coefficient (Wildman–Crippen LogP) is 4.09. The van der Waals surface area contributed by atoms with Crippen molar-refractivity contribution in [2.24, 2.45) is 0 Å². The summed E-state index contributed by atoms with van der Waals surface area (Å²) in [4.78, 5) is 11.0. The molecule has 0 heterocycles. The van der Waals surface area contributed by atoms with Crippen LogP contribution in [0.25, 0.3) is 0 Å². The molecular formula is C18H14F7NO5S. The summed E-state index contributed by atoms with van der Waals surface area (Å²) in [6.07, 6.45) is -12.5. The molecule has 0 fully saturated rings. The molecule has 0 radical (unpaired) electrons. The lowest BCUT2D eigenvalue weighted by molar-refractivity contribution is -0.376. The Labute approximate surface area is 176 Å². The molecule has 2 aromatic rings. The zero-order chi connectivity index (χ0) is 24.7. The van der Waals surface area contributed by atoms with Gasteiger partial charge < -0.3 is 10.2 Å². The van der Waals surface area contributed by atoms with Crippen LogP contribution in [0.15, 0.2) is 36.4 Å². The van der Waals surface area contributed by atoms with Crippen molar-refractivity contribution in [1.29, 1.82) is 0 Å². The normalized spacial score (nSPS) is 13.2. The van der Waals surface area contributed by atoms with Gasteiger partial charge in [-0.25, -0.2) is 17.6 Å². The van der Waals surface area contributed by atoms with Crippen LogP contribution >= 0.6 is 0 Å². The van der Waals surface area contributed by atoms with Gasteiger partial charge in [0.15, 0.2) is 0 Å². The summed E-state index contributed by atoms with van der Waals surface area (Å²) < 4.78 is 118. The van der Waals surface area contributed by atoms with Gasteiger partial charge in [0, 0.05) is 5.56 Å². The molecule has 0 aromatic heterocycles. The molecule has 176 valence electrons. The molecule has 0 atom stereocenters. The van der Waals surface area contributed by atoms with E-state index in [1.54, 1.807) is 4.72 Å². The number of carboxylic acid groups (broad SMARTS) is 1. The molecule has 0 spiro atoms. The van der Waals surface area contributed by atoms with E-state index in [0.717, 1.165) is 6.07 Å². The number of hydrogen-bond donors (Lipinski definition) is 3. The molecule has 0 aliphatic carbocycles. The van der Waals surface area contributed by atoms with E-state index in [4.69, 9.17) is 5.11 Å². The first kappa shape index (κ1) is 25.4. The molecule has 2 aromatic carbocycles. The number of aromatic carboxylic acids is 1. The van der Waals surface area contributed by atoms with Gasteiger partial charge in [0.1, 0.15) is 5.82 Å². The van der Waals surface area contributed by atoms with E-state index in [1.807, 2.05) is 0 Å². The Bertz CT molecular complexity index is 1130. The Balaban J connectivity index is 2.34. The number of alkyl halides is 6. The van der Waals surface area contributed by atoms with E-state index >= 15 is 0 Å². The number of carbonyl (C=O) groups is 1. The molecule has 3 N–H and O–H groups in total. The topological polar surface area (TPSA) is 104 Å². The maximum absolute atomic E-state index is 14.2. The minimum absolute atomic E-state index is 0.0838. The average Bonchev–Trinajstić information content (AvgIpc) is 2.60. The molecule has 6 nitrogen and oxygen atoms in total. The quantitative estimate of drug-likeness (QED) is 0.531. The number of aryl methyl sites for hydroxylation is 1. The van der Waals surface area contributed by atoms with Gasteiger partial charge in [-0.2, -0.15) is 26.3 Å². The van der Waals surface area contributed by atoms with Gasteiger partial charge >= 0.3 is 18.3 Å². The highest BCUT2D eigenvalue weighted by Gasteiger charge is 2.71. The third kappa shape index (κ3) is 4.96. The van der Waals surface area contributed by atoms with Crippen LogP contribution in [0.1, 0.15) is 27.0 Å². The molecule has 2 rings (SSSR count). The summed E-state index contributed by atoms with van der Waals surface area (Å²) in [5, 5.41) is 18.3. The summed E-state index contributed by atoms with van der Waals surface area (Å²) in [7, 11) is -4.41. The van der Waals surface area contributed by atoms with E-state index < -0.39 is 56.8 Å². The van der Waals surface area contributed by atoms with Crippen LogP contribution in [0, 0.1) is 12.7 Å². The highest BCUT2D eigenvalue weighted by atomic mass is 32.2. The second-order valence-electron chi connectivity index (χ2n) is 6.72. The maximum atomic E-state index is 14.2. The lowest BCUT2D eigenvalue weighted by Gasteiger charge is -2.32. The molecule has 0 amide bonds. The van der Waals surface area contributed by atoms with Crippen LogP contribution in [0.2, 0.25) is 0 Å². The lowest BCUT2D eigenvalue weighted by Crippen LogP contribution is -2.54. The molecular weight excluding hydrogens is 475 g/mol. The van der Waals surface area contributed by atoms with Gasteiger partial charge in [-0.3, -0.25) is 4.72 Å². The number of halogens is 7. The zero-order valence-corrected chi connectivity index (χ0v) is 16.7. The summed E-state index contributed by atoms with van der Waals surface area (Å²) in [6.45, 7) is 1.40. The number of rotatable bonds is 6. The van der Waals surface area contributed by atoms with Crippen molar-refractivity contribution >= 4 is 21.7 Å². The Kier molecular flexibility index (Phi) is 6.54. The predicted molar refractivity (Wildman–Crippen MR) is 96.8 cm³/mol. The average molecular weight is 489 g/mol. The second-order valence-corrected chi connectivity index (χ2v) is 8.44. The van der Waals surface area contributed by atoms with Gasteiger partial charge in [-0.15, -0.1) is 0 Å².